The number of nitrogens with one attached hydrogen (secondary N) is 1. The third-order valence-electron chi connectivity index (χ3n) is 4.66. The Morgan fingerprint density at radius 2 is 1.96 bits per heavy atom. The van der Waals surface area contributed by atoms with Crippen LogP contribution in [0.2, 0.25) is 0 Å². The topological polar surface area (TPSA) is 105 Å². The van der Waals surface area contributed by atoms with Gasteiger partial charge in [0.2, 0.25) is 0 Å². The highest BCUT2D eigenvalue weighted by Crippen LogP contribution is 2.24. The van der Waals surface area contributed by atoms with Gasteiger partial charge in [0, 0.05) is 30.6 Å². The van der Waals surface area contributed by atoms with Gasteiger partial charge in [-0.1, -0.05) is 12.1 Å². The first-order valence-corrected chi connectivity index (χ1v) is 10.00. The predicted octanol–water partition coefficient (Wildman–Crippen LogP) is 1.66. The zero-order valence-corrected chi connectivity index (χ0v) is 16.0. The molecule has 0 unspecified atom stereocenters. The molecule has 0 fully saturated rings. The number of carbonyl (C=O) groups excluding carboxylic acids is 1. The van der Waals surface area contributed by atoms with Crippen molar-refractivity contribution in [2.75, 3.05) is 6.26 Å². The second kappa shape index (κ2) is 7.61. The summed E-state index contributed by atoms with van der Waals surface area (Å²) in [4.78, 5) is 24.2. The Bertz CT molecular complexity index is 1030. The SMILES string of the molecule is Cc1ccc(-c2ccn(CC[C@](C)(C(=O)NO)S(C)(=O)=O)c(=O)c2)c(F)c1. The molecule has 2 N–H and O–H groups in total. The van der Waals surface area contributed by atoms with Crippen LogP contribution in [0, 0.1) is 12.7 Å². The van der Waals surface area contributed by atoms with Crippen molar-refractivity contribution in [2.24, 2.45) is 0 Å². The fraction of sp³-hybridized carbons (Fsp3) is 0.333. The van der Waals surface area contributed by atoms with Crippen LogP contribution in [0.5, 0.6) is 0 Å². The first kappa shape index (κ1) is 20.8. The Morgan fingerprint density at radius 3 is 2.48 bits per heavy atom. The summed E-state index contributed by atoms with van der Waals surface area (Å²) < 4.78 is 37.3. The summed E-state index contributed by atoms with van der Waals surface area (Å²) in [7, 11) is -3.86. The molecule has 27 heavy (non-hydrogen) atoms. The van der Waals surface area contributed by atoms with Crippen LogP contribution in [0.1, 0.15) is 18.9 Å². The number of benzene rings is 1. The van der Waals surface area contributed by atoms with Gasteiger partial charge in [-0.15, -0.1) is 0 Å². The maximum atomic E-state index is 14.1. The highest BCUT2D eigenvalue weighted by atomic mass is 32.2. The molecule has 2 rings (SSSR count). The zero-order valence-electron chi connectivity index (χ0n) is 15.2. The fourth-order valence-electron chi connectivity index (χ4n) is 2.63. The summed E-state index contributed by atoms with van der Waals surface area (Å²) in [6.45, 7) is 2.85. The van der Waals surface area contributed by atoms with Gasteiger partial charge in [0.05, 0.1) is 0 Å². The van der Waals surface area contributed by atoms with Crippen molar-refractivity contribution in [2.45, 2.75) is 31.6 Å². The van der Waals surface area contributed by atoms with Crippen molar-refractivity contribution in [1.82, 2.24) is 10.0 Å². The number of hydroxylamine groups is 1. The number of carbonyl (C=O) groups is 1. The average Bonchev–Trinajstić information content (AvgIpc) is 2.58. The van der Waals surface area contributed by atoms with E-state index in [1.165, 1.54) is 35.3 Å². The summed E-state index contributed by atoms with van der Waals surface area (Å²) in [5, 5.41) is 8.83. The number of nitrogens with zero attached hydrogens (tertiary/aromatic N) is 1. The number of halogens is 1. The monoisotopic (exact) mass is 396 g/mol. The number of pyridine rings is 1. The third kappa shape index (κ3) is 4.25. The minimum atomic E-state index is -3.86. The van der Waals surface area contributed by atoms with Crippen LogP contribution < -0.4 is 11.0 Å². The number of amides is 1. The molecule has 0 saturated heterocycles. The number of rotatable bonds is 6. The van der Waals surface area contributed by atoms with Crippen LogP contribution in [0.15, 0.2) is 41.3 Å². The number of aromatic nitrogens is 1. The van der Waals surface area contributed by atoms with Gasteiger partial charge in [0.1, 0.15) is 5.82 Å². The second-order valence-corrected chi connectivity index (χ2v) is 9.07. The Morgan fingerprint density at radius 1 is 1.30 bits per heavy atom. The molecule has 1 amide bonds. The molecule has 0 bridgehead atoms. The number of hydrogen-bond acceptors (Lipinski definition) is 5. The summed E-state index contributed by atoms with van der Waals surface area (Å²) in [5.41, 5.74) is 2.33. The van der Waals surface area contributed by atoms with E-state index in [9.17, 15) is 22.4 Å². The highest BCUT2D eigenvalue weighted by molar-refractivity contribution is 7.92. The molecule has 1 heterocycles. The van der Waals surface area contributed by atoms with Gasteiger partial charge in [-0.3, -0.25) is 14.8 Å². The molecule has 7 nitrogen and oxygen atoms in total. The molecule has 0 aliphatic heterocycles. The van der Waals surface area contributed by atoms with Crippen molar-refractivity contribution >= 4 is 15.7 Å². The smallest absolute Gasteiger partial charge is 0.264 e. The molecule has 0 aliphatic rings. The van der Waals surface area contributed by atoms with Gasteiger partial charge in [0.25, 0.3) is 11.5 Å². The van der Waals surface area contributed by atoms with E-state index in [-0.39, 0.29) is 18.5 Å². The van der Waals surface area contributed by atoms with E-state index in [0.29, 0.717) is 5.56 Å². The molecular weight excluding hydrogens is 375 g/mol. The van der Waals surface area contributed by atoms with Gasteiger partial charge in [-0.05, 0) is 43.5 Å². The quantitative estimate of drug-likeness (QED) is 0.571. The lowest BCUT2D eigenvalue weighted by atomic mass is 10.0. The highest BCUT2D eigenvalue weighted by Gasteiger charge is 2.43. The standard InChI is InChI=1S/C18H21FN2O5S/c1-12-4-5-14(15(19)10-12)13-6-8-21(16(22)11-13)9-7-18(2,17(23)20-24)27(3,25)26/h4-6,8,10-11,24H,7,9H2,1-3H3,(H,20,23)/t18-/m1/s1. The number of aryl methyl sites for hydroxylation is 2. The van der Waals surface area contributed by atoms with E-state index in [2.05, 4.69) is 0 Å². The van der Waals surface area contributed by atoms with Gasteiger partial charge < -0.3 is 4.57 Å². The molecule has 146 valence electrons. The Hall–Kier alpha value is -2.52. The Balaban J connectivity index is 2.31. The molecule has 0 aliphatic carbocycles. The lowest BCUT2D eigenvalue weighted by molar-refractivity contribution is -0.131. The van der Waals surface area contributed by atoms with Gasteiger partial charge in [-0.25, -0.2) is 18.3 Å². The summed E-state index contributed by atoms with van der Waals surface area (Å²) in [6.07, 6.45) is 2.07. The van der Waals surface area contributed by atoms with Crippen LogP contribution >= 0.6 is 0 Å². The first-order chi connectivity index (χ1) is 12.5. The molecule has 1 aromatic carbocycles. The van der Waals surface area contributed by atoms with E-state index in [1.807, 2.05) is 0 Å². The molecule has 0 spiro atoms. The summed E-state index contributed by atoms with van der Waals surface area (Å²) >= 11 is 0. The van der Waals surface area contributed by atoms with E-state index in [4.69, 9.17) is 5.21 Å². The molecule has 0 saturated carbocycles. The maximum absolute atomic E-state index is 14.1. The van der Waals surface area contributed by atoms with Crippen LogP contribution in [-0.2, 0) is 21.2 Å². The lowest BCUT2D eigenvalue weighted by Gasteiger charge is -2.25. The number of sulfone groups is 1. The van der Waals surface area contributed by atoms with Gasteiger partial charge in [0.15, 0.2) is 14.6 Å². The van der Waals surface area contributed by atoms with Gasteiger partial charge >= 0.3 is 0 Å². The van der Waals surface area contributed by atoms with Crippen LogP contribution in [-0.4, -0.2) is 35.1 Å². The average molecular weight is 396 g/mol. The normalized spacial score (nSPS) is 13.8. The summed E-state index contributed by atoms with van der Waals surface area (Å²) in [6, 6.07) is 7.47. The molecular formula is C18H21FN2O5S. The molecule has 2 aromatic rings. The minimum Gasteiger partial charge on any atom is -0.315 e. The second-order valence-electron chi connectivity index (χ2n) is 6.62. The lowest BCUT2D eigenvalue weighted by Crippen LogP contribution is -2.49. The molecule has 0 radical (unpaired) electrons. The maximum Gasteiger partial charge on any atom is 0.264 e. The largest absolute Gasteiger partial charge is 0.315 e. The minimum absolute atomic E-state index is 0.0769. The van der Waals surface area contributed by atoms with Crippen LogP contribution in [0.25, 0.3) is 11.1 Å². The number of hydrogen-bond donors (Lipinski definition) is 2. The molecule has 9 heteroatoms. The molecule has 1 aromatic heterocycles. The van der Waals surface area contributed by atoms with Crippen molar-refractivity contribution in [3.8, 4) is 11.1 Å². The van der Waals surface area contributed by atoms with Crippen molar-refractivity contribution in [3.05, 3.63) is 58.3 Å². The molecule has 1 atom stereocenters. The fourth-order valence-corrected chi connectivity index (χ4v) is 3.48. The van der Waals surface area contributed by atoms with E-state index in [0.717, 1.165) is 11.8 Å². The van der Waals surface area contributed by atoms with E-state index < -0.39 is 31.9 Å². The Labute approximate surface area is 156 Å². The van der Waals surface area contributed by atoms with E-state index in [1.54, 1.807) is 25.1 Å². The third-order valence-corrected chi connectivity index (χ3v) is 6.69. The summed E-state index contributed by atoms with van der Waals surface area (Å²) in [5.74, 6) is -1.52. The predicted molar refractivity (Wildman–Crippen MR) is 98.6 cm³/mol. The van der Waals surface area contributed by atoms with Crippen LogP contribution in [0.4, 0.5) is 4.39 Å². The zero-order chi connectivity index (χ0) is 20.4. The van der Waals surface area contributed by atoms with Crippen molar-refractivity contribution < 1.29 is 22.8 Å². The van der Waals surface area contributed by atoms with Crippen molar-refractivity contribution in [1.29, 1.82) is 0 Å². The first-order valence-electron chi connectivity index (χ1n) is 8.11. The van der Waals surface area contributed by atoms with Crippen LogP contribution in [0.3, 0.4) is 0 Å². The Kier molecular flexibility index (Phi) is 5.86. The van der Waals surface area contributed by atoms with Crippen molar-refractivity contribution in [3.63, 3.8) is 0 Å². The van der Waals surface area contributed by atoms with E-state index >= 15 is 0 Å². The van der Waals surface area contributed by atoms with Gasteiger partial charge in [-0.2, -0.15) is 0 Å².